The van der Waals surface area contributed by atoms with Gasteiger partial charge in [0, 0.05) is 5.92 Å². The number of carboxylic acids is 1. The molecule has 80 valence electrons. The monoisotopic (exact) mass is 206 g/mol. The van der Waals surface area contributed by atoms with Crippen molar-refractivity contribution in [1.29, 1.82) is 0 Å². The third-order valence-corrected chi connectivity index (χ3v) is 3.12. The number of hydrogen-bond acceptors (Lipinski definition) is 2. The maximum Gasteiger partial charge on any atom is 0.307 e. The molecule has 0 saturated heterocycles. The number of benzene rings is 1. The molecule has 0 heterocycles. The minimum Gasteiger partial charge on any atom is -0.481 e. The molecule has 0 aliphatic heterocycles. The Hall–Kier alpha value is -1.35. The molecule has 3 heteroatoms. The van der Waals surface area contributed by atoms with E-state index in [0.29, 0.717) is 12.8 Å². The SMILES string of the molecule is O=C(O)C1CCC(O)C1c1ccccc1. The number of carbonyl (C=O) groups is 1. The zero-order valence-corrected chi connectivity index (χ0v) is 8.34. The average Bonchev–Trinajstić information content (AvgIpc) is 2.61. The highest BCUT2D eigenvalue weighted by molar-refractivity contribution is 5.72. The van der Waals surface area contributed by atoms with E-state index < -0.39 is 18.0 Å². The zero-order chi connectivity index (χ0) is 10.8. The van der Waals surface area contributed by atoms with E-state index in [2.05, 4.69) is 0 Å². The minimum atomic E-state index is -0.805. The van der Waals surface area contributed by atoms with E-state index in [0.717, 1.165) is 5.56 Å². The van der Waals surface area contributed by atoms with Crippen molar-refractivity contribution in [2.24, 2.45) is 5.92 Å². The first kappa shape index (κ1) is 10.2. The molecule has 1 aliphatic rings. The Kier molecular flexibility index (Phi) is 2.73. The Labute approximate surface area is 88.4 Å². The van der Waals surface area contributed by atoms with Gasteiger partial charge in [0.25, 0.3) is 0 Å². The van der Waals surface area contributed by atoms with Gasteiger partial charge in [-0.3, -0.25) is 4.79 Å². The van der Waals surface area contributed by atoms with Crippen molar-refractivity contribution in [2.75, 3.05) is 0 Å². The smallest absolute Gasteiger partial charge is 0.307 e. The van der Waals surface area contributed by atoms with Crippen LogP contribution in [0.1, 0.15) is 24.3 Å². The van der Waals surface area contributed by atoms with Crippen LogP contribution in [0.4, 0.5) is 0 Å². The molecule has 3 atom stereocenters. The molecule has 1 saturated carbocycles. The highest BCUT2D eigenvalue weighted by Gasteiger charge is 2.40. The largest absolute Gasteiger partial charge is 0.481 e. The van der Waals surface area contributed by atoms with E-state index in [1.807, 2.05) is 30.3 Å². The maximum absolute atomic E-state index is 11.0. The molecule has 0 radical (unpaired) electrons. The Morgan fingerprint density at radius 3 is 2.47 bits per heavy atom. The summed E-state index contributed by atoms with van der Waals surface area (Å²) < 4.78 is 0. The molecule has 1 aromatic carbocycles. The zero-order valence-electron chi connectivity index (χ0n) is 8.34. The van der Waals surface area contributed by atoms with E-state index in [9.17, 15) is 9.90 Å². The predicted octanol–water partition coefficient (Wildman–Crippen LogP) is 1.63. The van der Waals surface area contributed by atoms with E-state index in [-0.39, 0.29) is 5.92 Å². The van der Waals surface area contributed by atoms with Crippen molar-refractivity contribution in [3.05, 3.63) is 35.9 Å². The van der Waals surface area contributed by atoms with Gasteiger partial charge in [0.1, 0.15) is 0 Å². The predicted molar refractivity (Wildman–Crippen MR) is 55.5 cm³/mol. The number of aliphatic carboxylic acids is 1. The molecule has 0 aromatic heterocycles. The Balaban J connectivity index is 2.29. The van der Waals surface area contributed by atoms with Crippen LogP contribution < -0.4 is 0 Å². The number of hydrogen-bond donors (Lipinski definition) is 2. The lowest BCUT2D eigenvalue weighted by Crippen LogP contribution is -2.22. The molecule has 0 spiro atoms. The third kappa shape index (κ3) is 1.88. The summed E-state index contributed by atoms with van der Waals surface area (Å²) in [6.07, 6.45) is 0.626. The van der Waals surface area contributed by atoms with Crippen LogP contribution in [0.3, 0.4) is 0 Å². The molecule has 1 aromatic rings. The summed E-state index contributed by atoms with van der Waals surface area (Å²) in [5, 5.41) is 18.8. The number of aliphatic hydroxyl groups is 1. The highest BCUT2D eigenvalue weighted by Crippen LogP contribution is 2.39. The van der Waals surface area contributed by atoms with Crippen LogP contribution in [0, 0.1) is 5.92 Å². The van der Waals surface area contributed by atoms with E-state index in [4.69, 9.17) is 5.11 Å². The van der Waals surface area contributed by atoms with Gasteiger partial charge < -0.3 is 10.2 Å². The average molecular weight is 206 g/mol. The van der Waals surface area contributed by atoms with Crippen molar-refractivity contribution in [1.82, 2.24) is 0 Å². The van der Waals surface area contributed by atoms with Crippen molar-refractivity contribution in [3.63, 3.8) is 0 Å². The highest BCUT2D eigenvalue weighted by atomic mass is 16.4. The van der Waals surface area contributed by atoms with E-state index in [1.165, 1.54) is 0 Å². The summed E-state index contributed by atoms with van der Waals surface area (Å²) in [7, 11) is 0. The lowest BCUT2D eigenvalue weighted by molar-refractivity contribution is -0.142. The maximum atomic E-state index is 11.0. The summed E-state index contributed by atoms with van der Waals surface area (Å²) in [5.41, 5.74) is 0.926. The van der Waals surface area contributed by atoms with Gasteiger partial charge >= 0.3 is 5.97 Å². The summed E-state index contributed by atoms with van der Waals surface area (Å²) in [5.74, 6) is -1.49. The number of carboxylic acid groups (broad SMARTS) is 1. The van der Waals surface area contributed by atoms with Crippen LogP contribution in [0.25, 0.3) is 0 Å². The molecular weight excluding hydrogens is 192 g/mol. The fourth-order valence-corrected chi connectivity index (χ4v) is 2.38. The molecular formula is C12H14O3. The molecule has 2 N–H and O–H groups in total. The molecule has 0 amide bonds. The van der Waals surface area contributed by atoms with Gasteiger partial charge in [0.15, 0.2) is 0 Å². The molecule has 3 nitrogen and oxygen atoms in total. The van der Waals surface area contributed by atoms with Crippen LogP contribution in [-0.2, 0) is 4.79 Å². The lowest BCUT2D eigenvalue weighted by atomic mass is 9.88. The Bertz CT molecular complexity index is 347. The fourth-order valence-electron chi connectivity index (χ4n) is 2.38. The molecule has 1 fully saturated rings. The summed E-state index contributed by atoms with van der Waals surface area (Å²) in [6.45, 7) is 0. The molecule has 0 bridgehead atoms. The number of rotatable bonds is 2. The van der Waals surface area contributed by atoms with Crippen molar-refractivity contribution in [2.45, 2.75) is 24.9 Å². The summed E-state index contributed by atoms with van der Waals surface area (Å²) in [6, 6.07) is 9.41. The first-order chi connectivity index (χ1) is 7.20. The third-order valence-electron chi connectivity index (χ3n) is 3.12. The quantitative estimate of drug-likeness (QED) is 0.773. The van der Waals surface area contributed by atoms with Gasteiger partial charge in [-0.2, -0.15) is 0 Å². The van der Waals surface area contributed by atoms with Gasteiger partial charge in [0.2, 0.25) is 0 Å². The molecule has 2 rings (SSSR count). The molecule has 1 aliphatic carbocycles. The van der Waals surface area contributed by atoms with Crippen molar-refractivity contribution >= 4 is 5.97 Å². The topological polar surface area (TPSA) is 57.5 Å². The minimum absolute atomic E-state index is 0.247. The van der Waals surface area contributed by atoms with Crippen LogP contribution >= 0.6 is 0 Å². The summed E-state index contributed by atoms with van der Waals surface area (Å²) in [4.78, 5) is 11.0. The molecule has 3 unspecified atom stereocenters. The van der Waals surface area contributed by atoms with E-state index in [1.54, 1.807) is 0 Å². The summed E-state index contributed by atoms with van der Waals surface area (Å²) >= 11 is 0. The Morgan fingerprint density at radius 2 is 1.87 bits per heavy atom. The van der Waals surface area contributed by atoms with Crippen molar-refractivity contribution in [3.8, 4) is 0 Å². The van der Waals surface area contributed by atoms with E-state index >= 15 is 0 Å². The normalized spacial score (nSPS) is 30.3. The van der Waals surface area contributed by atoms with Crippen LogP contribution in [0.5, 0.6) is 0 Å². The lowest BCUT2D eigenvalue weighted by Gasteiger charge is -2.19. The molecule has 15 heavy (non-hydrogen) atoms. The van der Waals surface area contributed by atoms with Crippen LogP contribution in [0.2, 0.25) is 0 Å². The second-order valence-corrected chi connectivity index (χ2v) is 4.03. The fraction of sp³-hybridized carbons (Fsp3) is 0.417. The second kappa shape index (κ2) is 4.03. The first-order valence-corrected chi connectivity index (χ1v) is 5.16. The first-order valence-electron chi connectivity index (χ1n) is 5.16. The van der Waals surface area contributed by atoms with Gasteiger partial charge in [-0.15, -0.1) is 0 Å². The van der Waals surface area contributed by atoms with Gasteiger partial charge in [-0.25, -0.2) is 0 Å². The number of aliphatic hydroxyl groups excluding tert-OH is 1. The van der Waals surface area contributed by atoms with Gasteiger partial charge in [0.05, 0.1) is 12.0 Å². The van der Waals surface area contributed by atoms with Gasteiger partial charge in [-0.1, -0.05) is 30.3 Å². The van der Waals surface area contributed by atoms with Crippen LogP contribution in [0.15, 0.2) is 30.3 Å². The van der Waals surface area contributed by atoms with Crippen molar-refractivity contribution < 1.29 is 15.0 Å². The van der Waals surface area contributed by atoms with Crippen LogP contribution in [-0.4, -0.2) is 22.3 Å². The second-order valence-electron chi connectivity index (χ2n) is 4.03. The Morgan fingerprint density at radius 1 is 1.20 bits per heavy atom. The van der Waals surface area contributed by atoms with Gasteiger partial charge in [-0.05, 0) is 18.4 Å². The standard InChI is InChI=1S/C12H14O3/c13-10-7-6-9(12(14)15)11(10)8-4-2-1-3-5-8/h1-5,9-11,13H,6-7H2,(H,14,15).